The Morgan fingerprint density at radius 3 is 2.59 bits per heavy atom. The third-order valence-corrected chi connectivity index (χ3v) is 6.89. The van der Waals surface area contributed by atoms with Gasteiger partial charge in [-0.2, -0.15) is 0 Å². The van der Waals surface area contributed by atoms with Crippen LogP contribution in [0.3, 0.4) is 0 Å². The number of halogens is 2. The van der Waals surface area contributed by atoms with Crippen LogP contribution in [0, 0.1) is 0 Å². The van der Waals surface area contributed by atoms with Gasteiger partial charge in [0.25, 0.3) is 0 Å². The van der Waals surface area contributed by atoms with Crippen molar-refractivity contribution >= 4 is 27.5 Å². The second-order valence-electron chi connectivity index (χ2n) is 7.53. The summed E-state index contributed by atoms with van der Waals surface area (Å²) < 4.78 is 13.1. The Kier molecular flexibility index (Phi) is 4.39. The average molecular weight is 473 g/mol. The molecule has 1 fully saturated rings. The van der Waals surface area contributed by atoms with Crippen molar-refractivity contribution in [3.05, 3.63) is 87.0 Å². The van der Waals surface area contributed by atoms with Gasteiger partial charge in [-0.05, 0) is 36.1 Å². The van der Waals surface area contributed by atoms with Crippen LogP contribution < -0.4 is 9.47 Å². The molecule has 0 spiro atoms. The van der Waals surface area contributed by atoms with Crippen molar-refractivity contribution in [2.24, 2.45) is 0 Å². The number of nitrogens with zero attached hydrogens (tertiary/aromatic N) is 1. The summed E-state index contributed by atoms with van der Waals surface area (Å²) in [5.74, 6) is 0.779. The van der Waals surface area contributed by atoms with E-state index in [1.807, 2.05) is 42.5 Å². The molecule has 1 N–H and O–H groups in total. The fourth-order valence-electron chi connectivity index (χ4n) is 5.03. The van der Waals surface area contributed by atoms with E-state index in [0.29, 0.717) is 23.6 Å². The summed E-state index contributed by atoms with van der Waals surface area (Å²) in [5.41, 5.74) is 0.309. The highest BCUT2D eigenvalue weighted by Crippen LogP contribution is 2.68. The molecule has 1 aliphatic heterocycles. The summed E-state index contributed by atoms with van der Waals surface area (Å²) in [6.45, 7) is 0. The second-order valence-corrected chi connectivity index (χ2v) is 8.84. The van der Waals surface area contributed by atoms with Gasteiger partial charge in [-0.1, -0.05) is 70.0 Å². The summed E-state index contributed by atoms with van der Waals surface area (Å²) in [6, 6.07) is 19.8. The topological polar surface area (TPSA) is 51.6 Å². The van der Waals surface area contributed by atoms with Gasteiger partial charge in [-0.15, -0.1) is 0 Å². The maximum Gasteiger partial charge on any atom is 0.224 e. The average Bonchev–Trinajstić information content (AvgIpc) is 3.15. The quantitative estimate of drug-likeness (QED) is 0.507. The lowest BCUT2D eigenvalue weighted by Gasteiger charge is -2.40. The molecular weight excluding hydrogens is 454 g/mol. The van der Waals surface area contributed by atoms with E-state index >= 15 is 0 Å². The Hall–Kier alpha value is -2.08. The maximum atomic E-state index is 12.2. The molecule has 3 atom stereocenters. The molecule has 2 aliphatic rings. The highest BCUT2D eigenvalue weighted by Gasteiger charge is 2.69. The second kappa shape index (κ2) is 6.73. The molecule has 1 aliphatic carbocycles. The van der Waals surface area contributed by atoms with Crippen molar-refractivity contribution < 1.29 is 14.6 Å². The molecule has 2 heterocycles. The molecule has 2 aromatic carbocycles. The van der Waals surface area contributed by atoms with Gasteiger partial charge in [0, 0.05) is 16.5 Å². The monoisotopic (exact) mass is 471 g/mol. The molecule has 6 heteroatoms. The summed E-state index contributed by atoms with van der Waals surface area (Å²) in [5, 5.41) is 12.5. The van der Waals surface area contributed by atoms with Crippen LogP contribution in [0.5, 0.6) is 11.6 Å². The number of hydrogen-bond donors (Lipinski definition) is 1. The zero-order chi connectivity index (χ0) is 20.2. The number of pyridine rings is 1. The predicted molar refractivity (Wildman–Crippen MR) is 115 cm³/mol. The summed E-state index contributed by atoms with van der Waals surface area (Å²) in [7, 11) is 1.53. The van der Waals surface area contributed by atoms with Crippen LogP contribution in [0.1, 0.15) is 35.4 Å². The fourth-order valence-corrected chi connectivity index (χ4v) is 5.47. The number of methoxy groups -OCH3 is 1. The van der Waals surface area contributed by atoms with Gasteiger partial charge in [0.05, 0.1) is 12.7 Å². The van der Waals surface area contributed by atoms with E-state index in [1.54, 1.807) is 6.07 Å². The van der Waals surface area contributed by atoms with Crippen LogP contribution in [-0.4, -0.2) is 17.2 Å². The number of rotatable bonds is 3. The van der Waals surface area contributed by atoms with E-state index in [9.17, 15) is 5.11 Å². The summed E-state index contributed by atoms with van der Waals surface area (Å²) in [4.78, 5) is 4.30. The lowest BCUT2D eigenvalue weighted by molar-refractivity contribution is -0.106. The van der Waals surface area contributed by atoms with Crippen LogP contribution in [0.4, 0.5) is 0 Å². The van der Waals surface area contributed by atoms with E-state index in [4.69, 9.17) is 21.1 Å². The van der Waals surface area contributed by atoms with Crippen molar-refractivity contribution in [3.8, 4) is 11.6 Å². The zero-order valence-electron chi connectivity index (χ0n) is 15.7. The van der Waals surface area contributed by atoms with Crippen LogP contribution >= 0.6 is 27.5 Å². The Morgan fingerprint density at radius 2 is 1.90 bits per heavy atom. The van der Waals surface area contributed by atoms with Gasteiger partial charge in [0.2, 0.25) is 5.88 Å². The standard InChI is InChI=1S/C23H19BrClNO3/c1-28-21-20-18(13-19(25)26-21)29-23(15-7-9-16(24)10-8-15)17(11-12-22(20,23)27)14-5-3-2-4-6-14/h2-10,13,17,27H,11-12H2,1H3. The number of aromatic nitrogens is 1. The first-order valence-corrected chi connectivity index (χ1v) is 10.6. The number of fused-ring (bicyclic) bond motifs is 3. The molecule has 0 saturated heterocycles. The molecular formula is C23H19BrClNO3. The molecule has 0 bridgehead atoms. The molecule has 3 aromatic rings. The lowest BCUT2D eigenvalue weighted by Crippen LogP contribution is -2.48. The van der Waals surface area contributed by atoms with E-state index in [0.717, 1.165) is 22.0 Å². The highest BCUT2D eigenvalue weighted by atomic mass is 79.9. The van der Waals surface area contributed by atoms with Crippen molar-refractivity contribution in [2.75, 3.05) is 7.11 Å². The van der Waals surface area contributed by atoms with Gasteiger partial charge in [0.1, 0.15) is 16.5 Å². The third-order valence-electron chi connectivity index (χ3n) is 6.17. The van der Waals surface area contributed by atoms with E-state index in [-0.39, 0.29) is 11.1 Å². The number of aliphatic hydroxyl groups is 1. The molecule has 3 unspecified atom stereocenters. The Bertz CT molecular complexity index is 1080. The minimum absolute atomic E-state index is 0.0502. The molecule has 1 saturated carbocycles. The maximum absolute atomic E-state index is 12.2. The number of benzene rings is 2. The third kappa shape index (κ3) is 2.57. The highest BCUT2D eigenvalue weighted by molar-refractivity contribution is 9.10. The number of hydrogen-bond acceptors (Lipinski definition) is 4. The Morgan fingerprint density at radius 1 is 1.17 bits per heavy atom. The van der Waals surface area contributed by atoms with Crippen molar-refractivity contribution in [1.82, 2.24) is 4.98 Å². The normalized spacial score (nSPS) is 27.2. The van der Waals surface area contributed by atoms with Crippen LogP contribution in [0.2, 0.25) is 5.15 Å². The zero-order valence-corrected chi connectivity index (χ0v) is 18.1. The lowest BCUT2D eigenvalue weighted by atomic mass is 9.72. The Labute approximate surface area is 182 Å². The first-order chi connectivity index (χ1) is 14.0. The van der Waals surface area contributed by atoms with Gasteiger partial charge in [-0.3, -0.25) is 0 Å². The minimum Gasteiger partial charge on any atom is -0.481 e. The van der Waals surface area contributed by atoms with Gasteiger partial charge < -0.3 is 14.6 Å². The molecule has 29 heavy (non-hydrogen) atoms. The largest absolute Gasteiger partial charge is 0.481 e. The van der Waals surface area contributed by atoms with Gasteiger partial charge in [-0.25, -0.2) is 4.98 Å². The van der Waals surface area contributed by atoms with E-state index in [1.165, 1.54) is 7.11 Å². The first kappa shape index (κ1) is 18.9. The minimum atomic E-state index is -1.29. The molecule has 0 radical (unpaired) electrons. The molecule has 4 nitrogen and oxygen atoms in total. The van der Waals surface area contributed by atoms with E-state index < -0.39 is 11.2 Å². The van der Waals surface area contributed by atoms with Crippen LogP contribution in [-0.2, 0) is 11.2 Å². The van der Waals surface area contributed by atoms with Crippen molar-refractivity contribution in [1.29, 1.82) is 0 Å². The Balaban J connectivity index is 1.79. The molecule has 0 amide bonds. The fraction of sp³-hybridized carbons (Fsp3) is 0.261. The first-order valence-electron chi connectivity index (χ1n) is 9.47. The SMILES string of the molecule is COc1nc(Cl)cc2c1C1(O)CCC(c3ccccc3)C1(c1ccc(Br)cc1)O2. The van der Waals surface area contributed by atoms with Gasteiger partial charge in [0.15, 0.2) is 5.60 Å². The molecule has 5 rings (SSSR count). The van der Waals surface area contributed by atoms with Crippen molar-refractivity contribution in [3.63, 3.8) is 0 Å². The predicted octanol–water partition coefficient (Wildman–Crippen LogP) is 5.56. The summed E-state index contributed by atoms with van der Waals surface area (Å²) in [6.07, 6.45) is 1.29. The smallest absolute Gasteiger partial charge is 0.224 e. The molecule has 1 aromatic heterocycles. The molecule has 148 valence electrons. The van der Waals surface area contributed by atoms with E-state index in [2.05, 4.69) is 33.0 Å². The summed E-state index contributed by atoms with van der Waals surface area (Å²) >= 11 is 9.72. The van der Waals surface area contributed by atoms with Crippen molar-refractivity contribution in [2.45, 2.75) is 30.0 Å². The van der Waals surface area contributed by atoms with Crippen LogP contribution in [0.15, 0.2) is 65.1 Å². The van der Waals surface area contributed by atoms with Crippen LogP contribution in [0.25, 0.3) is 0 Å². The number of ether oxygens (including phenoxy) is 2. The van der Waals surface area contributed by atoms with Gasteiger partial charge >= 0.3 is 0 Å².